The van der Waals surface area contributed by atoms with Gasteiger partial charge in [-0.05, 0) is 42.5 Å². The molecule has 0 radical (unpaired) electrons. The zero-order valence-corrected chi connectivity index (χ0v) is 15.7. The number of hydrogen-bond donors (Lipinski definition) is 2. The first kappa shape index (κ1) is 18.2. The van der Waals surface area contributed by atoms with Gasteiger partial charge in [-0.1, -0.05) is 0 Å². The van der Waals surface area contributed by atoms with Crippen molar-refractivity contribution < 1.29 is 23.9 Å². The van der Waals surface area contributed by atoms with Crippen molar-refractivity contribution in [1.82, 2.24) is 9.97 Å². The van der Waals surface area contributed by atoms with E-state index in [1.165, 1.54) is 18.5 Å². The van der Waals surface area contributed by atoms with Crippen LogP contribution in [0.1, 0.15) is 12.0 Å². The van der Waals surface area contributed by atoms with Gasteiger partial charge in [0, 0.05) is 35.1 Å². The molecule has 9 heteroatoms. The van der Waals surface area contributed by atoms with Crippen molar-refractivity contribution in [2.45, 2.75) is 13.3 Å². The molecule has 8 nitrogen and oxygen atoms in total. The fourth-order valence-corrected chi connectivity index (χ4v) is 3.96. The summed E-state index contributed by atoms with van der Waals surface area (Å²) in [5.74, 6) is -1.74. The van der Waals surface area contributed by atoms with Gasteiger partial charge in [0.25, 0.3) is 0 Å². The van der Waals surface area contributed by atoms with Crippen LogP contribution in [0.2, 0.25) is 0 Å². The Morgan fingerprint density at radius 2 is 1.93 bits per heavy atom. The van der Waals surface area contributed by atoms with Crippen LogP contribution in [0.5, 0.6) is 0 Å². The van der Waals surface area contributed by atoms with Crippen molar-refractivity contribution in [2.75, 3.05) is 10.2 Å². The highest BCUT2D eigenvalue weighted by Gasteiger charge is 2.59. The Labute approximate surface area is 169 Å². The molecule has 1 saturated heterocycles. The molecule has 1 aliphatic carbocycles. The zero-order chi connectivity index (χ0) is 21.2. The molecule has 1 aliphatic heterocycles. The molecule has 30 heavy (non-hydrogen) atoms. The summed E-state index contributed by atoms with van der Waals surface area (Å²) < 4.78 is 15.3. The molecule has 5 rings (SSSR count). The summed E-state index contributed by atoms with van der Waals surface area (Å²) >= 11 is 0. The third-order valence-corrected chi connectivity index (χ3v) is 5.60. The van der Waals surface area contributed by atoms with Crippen LogP contribution < -0.4 is 10.2 Å². The van der Waals surface area contributed by atoms with Gasteiger partial charge in [0.2, 0.25) is 11.8 Å². The molecular weight excluding hydrogens is 391 g/mol. The van der Waals surface area contributed by atoms with Crippen molar-refractivity contribution >= 4 is 40.2 Å². The predicted molar refractivity (Wildman–Crippen MR) is 105 cm³/mol. The van der Waals surface area contributed by atoms with E-state index in [4.69, 9.17) is 0 Å². The molecule has 0 bridgehead atoms. The van der Waals surface area contributed by atoms with E-state index in [0.29, 0.717) is 17.4 Å². The van der Waals surface area contributed by atoms with Crippen molar-refractivity contribution in [1.29, 1.82) is 0 Å². The van der Waals surface area contributed by atoms with Crippen LogP contribution in [0.25, 0.3) is 21.9 Å². The Morgan fingerprint density at radius 3 is 2.60 bits per heavy atom. The van der Waals surface area contributed by atoms with Gasteiger partial charge >= 0.3 is 6.09 Å². The number of piperidine rings is 1. The van der Waals surface area contributed by atoms with E-state index in [0.717, 1.165) is 10.5 Å². The first-order chi connectivity index (χ1) is 14.4. The maximum atomic E-state index is 15.3. The lowest BCUT2D eigenvalue weighted by atomic mass is 9.98. The highest BCUT2D eigenvalue weighted by atomic mass is 19.1. The third-order valence-electron chi connectivity index (χ3n) is 5.60. The molecular formula is C21H15FN4O4. The van der Waals surface area contributed by atoms with E-state index in [1.54, 1.807) is 25.3 Å². The van der Waals surface area contributed by atoms with Gasteiger partial charge in [-0.15, -0.1) is 0 Å². The summed E-state index contributed by atoms with van der Waals surface area (Å²) in [7, 11) is 0. The summed E-state index contributed by atoms with van der Waals surface area (Å²) in [6.45, 7) is 1.79. The van der Waals surface area contributed by atoms with Gasteiger partial charge < -0.3 is 5.11 Å². The summed E-state index contributed by atoms with van der Waals surface area (Å²) in [6.07, 6.45) is 3.48. The monoisotopic (exact) mass is 406 g/mol. The maximum absolute atomic E-state index is 15.3. The number of carbonyl (C=O) groups is 3. The quantitative estimate of drug-likeness (QED) is 0.645. The van der Waals surface area contributed by atoms with Crippen molar-refractivity contribution in [2.24, 2.45) is 11.8 Å². The number of hydrogen-bond acceptors (Lipinski definition) is 5. The van der Waals surface area contributed by atoms with Crippen LogP contribution in [0.4, 0.5) is 20.7 Å². The predicted octanol–water partition coefficient (Wildman–Crippen LogP) is 3.34. The summed E-state index contributed by atoms with van der Waals surface area (Å²) in [5.41, 5.74) is 1.15. The van der Waals surface area contributed by atoms with E-state index in [9.17, 15) is 19.5 Å². The number of nitrogens with one attached hydrogen (secondary N) is 1. The number of carbonyl (C=O) groups excluding carboxylic acids is 2. The second kappa shape index (κ2) is 6.31. The van der Waals surface area contributed by atoms with E-state index >= 15 is 4.39 Å². The average molecular weight is 406 g/mol. The fourth-order valence-electron chi connectivity index (χ4n) is 3.96. The summed E-state index contributed by atoms with van der Waals surface area (Å²) in [4.78, 5) is 45.3. The van der Waals surface area contributed by atoms with Crippen LogP contribution in [0.3, 0.4) is 0 Å². The fraction of sp³-hybridized carbons (Fsp3) is 0.190. The number of rotatable bonds is 3. The van der Waals surface area contributed by atoms with Crippen molar-refractivity contribution in [3.05, 3.63) is 48.2 Å². The molecule has 2 atom stereocenters. The third kappa shape index (κ3) is 2.62. The molecule has 2 fully saturated rings. The number of carboxylic acid groups (broad SMARTS) is 1. The first-order valence-corrected chi connectivity index (χ1v) is 9.28. The van der Waals surface area contributed by atoms with Gasteiger partial charge in [0.15, 0.2) is 5.82 Å². The van der Waals surface area contributed by atoms with E-state index in [-0.39, 0.29) is 46.1 Å². The number of anilines is 2. The Morgan fingerprint density at radius 1 is 1.20 bits per heavy atom. The molecule has 0 spiro atoms. The lowest BCUT2D eigenvalue weighted by Crippen LogP contribution is -2.33. The van der Waals surface area contributed by atoms with E-state index < -0.39 is 11.9 Å². The summed E-state index contributed by atoms with van der Waals surface area (Å²) in [5, 5.41) is 11.9. The highest BCUT2D eigenvalue weighted by molar-refractivity contribution is 6.24. The van der Waals surface area contributed by atoms with E-state index in [1.807, 2.05) is 0 Å². The minimum Gasteiger partial charge on any atom is -0.465 e. The van der Waals surface area contributed by atoms with Gasteiger partial charge in [-0.2, -0.15) is 0 Å². The minimum atomic E-state index is -1.43. The number of nitrogens with zero attached hydrogens (tertiary/aromatic N) is 3. The number of fused-ring (bicyclic) bond motifs is 2. The van der Waals surface area contributed by atoms with Crippen LogP contribution >= 0.6 is 0 Å². The highest BCUT2D eigenvalue weighted by Crippen LogP contribution is 2.48. The molecule has 2 unspecified atom stereocenters. The van der Waals surface area contributed by atoms with Crippen LogP contribution in [-0.2, 0) is 9.59 Å². The molecule has 2 N–H and O–H groups in total. The van der Waals surface area contributed by atoms with Crippen LogP contribution in [0, 0.1) is 24.6 Å². The average Bonchev–Trinajstić information content (AvgIpc) is 3.47. The number of amides is 3. The van der Waals surface area contributed by atoms with Crippen LogP contribution in [0.15, 0.2) is 36.8 Å². The number of benzene rings is 1. The molecule has 1 aromatic carbocycles. The Bertz CT molecular complexity index is 1260. The first-order valence-electron chi connectivity index (χ1n) is 9.28. The van der Waals surface area contributed by atoms with Gasteiger partial charge in [-0.25, -0.2) is 19.1 Å². The number of imide groups is 1. The molecule has 150 valence electrons. The SMILES string of the molecule is Cc1ccncc1-c1cc2cc(N3C(=O)C4CC4C3=O)ncc2c(NC(=O)O)c1F. The molecule has 3 heterocycles. The Kier molecular flexibility index (Phi) is 3.82. The molecule has 1 saturated carbocycles. The Balaban J connectivity index is 1.72. The zero-order valence-electron chi connectivity index (χ0n) is 15.7. The summed E-state index contributed by atoms with van der Waals surface area (Å²) in [6, 6.07) is 4.76. The standard InChI is InChI=1S/C21H15FN4O4/c1-9-2-3-23-7-14(9)11-4-10-5-16(26-19(27)12-6-13(12)20(26)28)24-8-15(10)18(17(11)22)25-21(29)30/h2-5,7-8,12-13,25H,6H2,1H3,(H,29,30). The van der Waals surface area contributed by atoms with Gasteiger partial charge in [0.05, 0.1) is 17.5 Å². The lowest BCUT2D eigenvalue weighted by Gasteiger charge is -2.18. The number of pyridine rings is 2. The number of aryl methyl sites for hydroxylation is 1. The molecule has 2 aliphatic rings. The topological polar surface area (TPSA) is 112 Å². The lowest BCUT2D eigenvalue weighted by molar-refractivity contribution is -0.123. The van der Waals surface area contributed by atoms with Gasteiger partial charge in [-0.3, -0.25) is 19.9 Å². The van der Waals surface area contributed by atoms with Gasteiger partial charge in [0.1, 0.15) is 5.82 Å². The number of halogens is 1. The van der Waals surface area contributed by atoms with E-state index in [2.05, 4.69) is 15.3 Å². The second-order valence-electron chi connectivity index (χ2n) is 7.46. The smallest absolute Gasteiger partial charge is 0.409 e. The van der Waals surface area contributed by atoms with Crippen LogP contribution in [-0.4, -0.2) is 33.0 Å². The Hall–Kier alpha value is -3.88. The van der Waals surface area contributed by atoms with Crippen molar-refractivity contribution in [3.63, 3.8) is 0 Å². The minimum absolute atomic E-state index is 0.145. The van der Waals surface area contributed by atoms with Crippen molar-refractivity contribution in [3.8, 4) is 11.1 Å². The molecule has 3 amide bonds. The number of aromatic nitrogens is 2. The second-order valence-corrected chi connectivity index (χ2v) is 7.46. The molecule has 2 aromatic heterocycles. The maximum Gasteiger partial charge on any atom is 0.409 e. The largest absolute Gasteiger partial charge is 0.465 e. The normalized spacial score (nSPS) is 19.9. The molecule has 3 aromatic rings.